The van der Waals surface area contributed by atoms with Crippen molar-refractivity contribution in [2.75, 3.05) is 6.61 Å². The van der Waals surface area contributed by atoms with E-state index in [9.17, 15) is 9.59 Å². The first-order valence-electron chi connectivity index (χ1n) is 10.8. The largest absolute Gasteiger partial charge is 0.462 e. The lowest BCUT2D eigenvalue weighted by atomic mass is 10.1. The monoisotopic (exact) mass is 423 g/mol. The maximum atomic E-state index is 12.8. The number of carbonyl (C=O) groups is 1. The van der Waals surface area contributed by atoms with Crippen LogP contribution in [-0.4, -0.2) is 37.1 Å². The summed E-state index contributed by atoms with van der Waals surface area (Å²) in [5, 5.41) is 2.97. The van der Waals surface area contributed by atoms with Crippen molar-refractivity contribution in [2.45, 2.75) is 59.3 Å². The Hall–Kier alpha value is -3.29. The standard InChI is InChI=1S/C23H29N5O3/c1-4-6-7-8-9-10-11-12-17-15-18(29)28-22(26-17)19(23(30)31-5-2)21(27-28)20-16(3)24-13-14-25-20/h11-15,27H,4-10H2,1-3H3/b12-11+. The predicted molar refractivity (Wildman–Crippen MR) is 120 cm³/mol. The SMILES string of the molecule is CCCCCCC/C=C/c1cc(=O)n2[nH]c(-c3nccnc3C)c(C(=O)OCC)c2n1. The first-order valence-corrected chi connectivity index (χ1v) is 10.8. The van der Waals surface area contributed by atoms with Gasteiger partial charge in [-0.1, -0.05) is 38.7 Å². The highest BCUT2D eigenvalue weighted by atomic mass is 16.5. The number of aromatic amines is 1. The maximum Gasteiger partial charge on any atom is 0.344 e. The fourth-order valence-corrected chi connectivity index (χ4v) is 3.43. The van der Waals surface area contributed by atoms with Crippen molar-refractivity contribution in [1.82, 2.24) is 24.6 Å². The van der Waals surface area contributed by atoms with Crippen molar-refractivity contribution in [1.29, 1.82) is 0 Å². The molecule has 0 saturated heterocycles. The molecule has 8 nitrogen and oxygen atoms in total. The molecule has 3 rings (SSSR count). The van der Waals surface area contributed by atoms with Crippen molar-refractivity contribution in [3.8, 4) is 11.4 Å². The van der Waals surface area contributed by atoms with Crippen molar-refractivity contribution >= 4 is 17.7 Å². The highest BCUT2D eigenvalue weighted by molar-refractivity contribution is 6.02. The van der Waals surface area contributed by atoms with Crippen LogP contribution in [0, 0.1) is 6.92 Å². The van der Waals surface area contributed by atoms with E-state index in [1.807, 2.05) is 12.2 Å². The number of allylic oxidation sites excluding steroid dienone is 1. The molecule has 3 aromatic heterocycles. The Balaban J connectivity index is 1.99. The summed E-state index contributed by atoms with van der Waals surface area (Å²) in [6.45, 7) is 5.92. The third-order valence-electron chi connectivity index (χ3n) is 5.00. The number of aryl methyl sites for hydroxylation is 1. The molecule has 0 aliphatic rings. The molecule has 0 amide bonds. The maximum absolute atomic E-state index is 12.8. The van der Waals surface area contributed by atoms with E-state index in [2.05, 4.69) is 27.0 Å². The third kappa shape index (κ3) is 5.25. The zero-order valence-corrected chi connectivity index (χ0v) is 18.4. The van der Waals surface area contributed by atoms with Gasteiger partial charge < -0.3 is 4.74 Å². The van der Waals surface area contributed by atoms with Crippen LogP contribution in [0.3, 0.4) is 0 Å². The fraction of sp³-hybridized carbons (Fsp3) is 0.435. The number of esters is 1. The molecule has 0 saturated carbocycles. The van der Waals surface area contributed by atoms with E-state index >= 15 is 0 Å². The molecular formula is C23H29N5O3. The fourth-order valence-electron chi connectivity index (χ4n) is 3.43. The van der Waals surface area contributed by atoms with Crippen LogP contribution in [0.5, 0.6) is 0 Å². The number of nitrogens with zero attached hydrogens (tertiary/aromatic N) is 4. The molecule has 0 atom stereocenters. The molecule has 164 valence electrons. The van der Waals surface area contributed by atoms with Gasteiger partial charge in [-0.25, -0.2) is 14.3 Å². The number of carbonyl (C=O) groups excluding carboxylic acids is 1. The summed E-state index contributed by atoms with van der Waals surface area (Å²) in [5.74, 6) is -0.565. The molecule has 0 aliphatic heterocycles. The lowest BCUT2D eigenvalue weighted by Gasteiger charge is -2.04. The van der Waals surface area contributed by atoms with E-state index in [-0.39, 0.29) is 23.4 Å². The molecule has 0 aromatic carbocycles. The van der Waals surface area contributed by atoms with Gasteiger partial charge in [0.25, 0.3) is 5.56 Å². The molecule has 31 heavy (non-hydrogen) atoms. The van der Waals surface area contributed by atoms with E-state index in [1.54, 1.807) is 20.0 Å². The average Bonchev–Trinajstić information content (AvgIpc) is 3.13. The van der Waals surface area contributed by atoms with Gasteiger partial charge in [0.15, 0.2) is 5.65 Å². The molecule has 0 unspecified atom stereocenters. The number of unbranched alkanes of at least 4 members (excludes halogenated alkanes) is 5. The second-order valence-electron chi connectivity index (χ2n) is 7.36. The van der Waals surface area contributed by atoms with Gasteiger partial charge in [-0.2, -0.15) is 0 Å². The Labute approximate surface area is 181 Å². The lowest BCUT2D eigenvalue weighted by Crippen LogP contribution is -2.15. The quantitative estimate of drug-likeness (QED) is 0.384. The van der Waals surface area contributed by atoms with Crippen LogP contribution in [0.4, 0.5) is 0 Å². The van der Waals surface area contributed by atoms with Crippen molar-refractivity contribution in [3.63, 3.8) is 0 Å². The molecule has 8 heteroatoms. The Morgan fingerprint density at radius 2 is 1.94 bits per heavy atom. The molecule has 3 aromatic rings. The summed E-state index contributed by atoms with van der Waals surface area (Å²) < 4.78 is 6.49. The van der Waals surface area contributed by atoms with Gasteiger partial charge in [0.05, 0.1) is 18.0 Å². The Morgan fingerprint density at radius 3 is 2.68 bits per heavy atom. The van der Waals surface area contributed by atoms with Crippen LogP contribution >= 0.6 is 0 Å². The Kier molecular flexibility index (Phi) is 7.70. The highest BCUT2D eigenvalue weighted by Crippen LogP contribution is 2.25. The summed E-state index contributed by atoms with van der Waals surface area (Å²) in [4.78, 5) is 38.6. The lowest BCUT2D eigenvalue weighted by molar-refractivity contribution is 0.0529. The summed E-state index contributed by atoms with van der Waals surface area (Å²) in [6, 6.07) is 1.44. The van der Waals surface area contributed by atoms with Crippen molar-refractivity contribution in [2.24, 2.45) is 0 Å². The second-order valence-corrected chi connectivity index (χ2v) is 7.36. The van der Waals surface area contributed by atoms with Gasteiger partial charge in [-0.3, -0.25) is 19.9 Å². The minimum absolute atomic E-state index is 0.178. The van der Waals surface area contributed by atoms with Gasteiger partial charge in [-0.15, -0.1) is 0 Å². The minimum Gasteiger partial charge on any atom is -0.462 e. The predicted octanol–water partition coefficient (Wildman–Crippen LogP) is 4.34. The second kappa shape index (κ2) is 10.7. The number of hydrogen-bond acceptors (Lipinski definition) is 6. The minimum atomic E-state index is -0.565. The average molecular weight is 424 g/mol. The highest BCUT2D eigenvalue weighted by Gasteiger charge is 2.25. The third-order valence-corrected chi connectivity index (χ3v) is 5.00. The number of hydrogen-bond donors (Lipinski definition) is 1. The Morgan fingerprint density at radius 1 is 1.16 bits per heavy atom. The number of aromatic nitrogens is 5. The molecule has 3 heterocycles. The molecule has 0 bridgehead atoms. The van der Waals surface area contributed by atoms with Crippen molar-refractivity contribution < 1.29 is 9.53 Å². The van der Waals surface area contributed by atoms with Gasteiger partial charge in [0, 0.05) is 18.5 Å². The summed E-state index contributed by atoms with van der Waals surface area (Å²) in [5.41, 5.74) is 2.05. The van der Waals surface area contributed by atoms with E-state index in [0.29, 0.717) is 22.8 Å². The van der Waals surface area contributed by atoms with Crippen LogP contribution < -0.4 is 5.56 Å². The van der Waals surface area contributed by atoms with Crippen LogP contribution in [0.2, 0.25) is 0 Å². The molecule has 1 N–H and O–H groups in total. The van der Waals surface area contributed by atoms with Crippen LogP contribution in [0.1, 0.15) is 74.1 Å². The topological polar surface area (TPSA) is 102 Å². The van der Waals surface area contributed by atoms with Gasteiger partial charge in [-0.05, 0) is 32.8 Å². The van der Waals surface area contributed by atoms with E-state index in [0.717, 1.165) is 12.8 Å². The zero-order chi connectivity index (χ0) is 22.2. The number of rotatable bonds is 10. The van der Waals surface area contributed by atoms with Gasteiger partial charge >= 0.3 is 5.97 Å². The summed E-state index contributed by atoms with van der Waals surface area (Å²) >= 11 is 0. The van der Waals surface area contributed by atoms with Gasteiger partial charge in [0.1, 0.15) is 17.0 Å². The number of H-pyrrole nitrogens is 1. The zero-order valence-electron chi connectivity index (χ0n) is 18.4. The van der Waals surface area contributed by atoms with E-state index < -0.39 is 5.97 Å². The summed E-state index contributed by atoms with van der Waals surface area (Å²) in [7, 11) is 0. The number of fused-ring (bicyclic) bond motifs is 1. The first-order chi connectivity index (χ1) is 15.1. The number of nitrogens with one attached hydrogen (secondary N) is 1. The smallest absolute Gasteiger partial charge is 0.344 e. The molecule has 0 fully saturated rings. The normalized spacial score (nSPS) is 11.5. The van der Waals surface area contributed by atoms with Crippen LogP contribution in [-0.2, 0) is 4.74 Å². The van der Waals surface area contributed by atoms with Gasteiger partial charge in [0.2, 0.25) is 0 Å². The Bertz CT molecular complexity index is 1130. The molecular weight excluding hydrogens is 394 g/mol. The number of ether oxygens (including phenoxy) is 1. The first kappa shape index (κ1) is 22.4. The van der Waals surface area contributed by atoms with Crippen LogP contribution in [0.25, 0.3) is 23.1 Å². The molecule has 0 spiro atoms. The van der Waals surface area contributed by atoms with Crippen LogP contribution in [0.15, 0.2) is 29.3 Å². The molecule has 0 radical (unpaired) electrons. The summed E-state index contributed by atoms with van der Waals surface area (Å²) in [6.07, 6.45) is 13.9. The molecule has 0 aliphatic carbocycles. The van der Waals surface area contributed by atoms with Crippen molar-refractivity contribution in [3.05, 3.63) is 51.8 Å². The van der Waals surface area contributed by atoms with E-state index in [4.69, 9.17) is 4.74 Å². The van der Waals surface area contributed by atoms with E-state index in [1.165, 1.54) is 42.5 Å².